The molecule has 0 aromatic carbocycles. The van der Waals surface area contributed by atoms with Crippen molar-refractivity contribution in [3.8, 4) is 0 Å². The van der Waals surface area contributed by atoms with E-state index in [-0.39, 0.29) is 57.8 Å². The van der Waals surface area contributed by atoms with Gasteiger partial charge in [-0.05, 0) is 6.42 Å². The van der Waals surface area contributed by atoms with Crippen LogP contribution in [-0.2, 0) is 14.4 Å². The van der Waals surface area contributed by atoms with Gasteiger partial charge in [0.05, 0.1) is 0 Å². The molecule has 0 unspecified atom stereocenters. The molecule has 0 aliphatic rings. The number of aliphatic carboxylic acids is 3. The molecule has 6 nitrogen and oxygen atoms in total. The van der Waals surface area contributed by atoms with Crippen LogP contribution in [0.2, 0.25) is 0 Å². The molecule has 14 heavy (non-hydrogen) atoms. The van der Waals surface area contributed by atoms with Crippen molar-refractivity contribution in [3.05, 3.63) is 0 Å². The Hall–Kier alpha value is 0.0464. The summed E-state index contributed by atoms with van der Waals surface area (Å²) in [5.41, 5.74) is -2.70. The van der Waals surface area contributed by atoms with Crippen LogP contribution < -0.4 is 0 Å². The van der Waals surface area contributed by atoms with E-state index in [0.29, 0.717) is 0 Å². The van der Waals surface area contributed by atoms with Crippen molar-refractivity contribution in [1.29, 1.82) is 0 Å². The number of hydrogen-bond acceptors (Lipinski definition) is 3. The molecule has 0 heterocycles. The van der Waals surface area contributed by atoms with Gasteiger partial charge in [0.15, 0.2) is 0 Å². The predicted molar refractivity (Wildman–Crippen MR) is 47.4 cm³/mol. The molecule has 0 spiro atoms. The van der Waals surface area contributed by atoms with Crippen LogP contribution in [0.4, 0.5) is 0 Å². The van der Waals surface area contributed by atoms with Crippen LogP contribution in [0.25, 0.3) is 0 Å². The molecule has 0 rings (SSSR count). The van der Waals surface area contributed by atoms with Crippen LogP contribution in [0.3, 0.4) is 0 Å². The zero-order chi connectivity index (χ0) is 10.6. The summed E-state index contributed by atoms with van der Waals surface area (Å²) < 4.78 is 0. The van der Waals surface area contributed by atoms with E-state index in [2.05, 4.69) is 0 Å². The first-order chi connectivity index (χ1) is 5.89. The summed E-state index contributed by atoms with van der Waals surface area (Å²) in [5, 5.41) is 25.6. The van der Waals surface area contributed by atoms with Crippen molar-refractivity contribution in [2.75, 3.05) is 0 Å². The first-order valence-corrected chi connectivity index (χ1v) is 3.59. The molecule has 0 saturated carbocycles. The first-order valence-electron chi connectivity index (χ1n) is 3.59. The van der Waals surface area contributed by atoms with E-state index in [4.69, 9.17) is 15.3 Å². The number of carboxylic acids is 3. The Morgan fingerprint density at radius 3 is 1.36 bits per heavy atom. The van der Waals surface area contributed by atoms with Crippen molar-refractivity contribution < 1.29 is 29.7 Å². The van der Waals surface area contributed by atoms with E-state index in [1.165, 1.54) is 6.92 Å². The molecule has 0 aliphatic carbocycles. The zero-order valence-corrected chi connectivity index (χ0v) is 6.98. The third kappa shape index (κ3) is 3.02. The molecule has 0 fully saturated rings. The maximum absolute atomic E-state index is 10.5. The summed E-state index contributed by atoms with van der Waals surface area (Å²) in [6.07, 6.45) is -0.252. The van der Waals surface area contributed by atoms with Crippen LogP contribution in [0.15, 0.2) is 0 Å². The van der Waals surface area contributed by atoms with Gasteiger partial charge in [0.1, 0.15) is 0 Å². The predicted octanol–water partition coefficient (Wildman–Crippen LogP) is -0.622. The SMILES string of the molecule is CCCC(C(=O)O)(C(=O)O)C(=O)O.[KH]. The number of rotatable bonds is 5. The van der Waals surface area contributed by atoms with Crippen molar-refractivity contribution in [2.24, 2.45) is 5.41 Å². The minimum absolute atomic E-state index is 0. The van der Waals surface area contributed by atoms with Gasteiger partial charge >= 0.3 is 69.3 Å². The molecule has 0 saturated heterocycles. The van der Waals surface area contributed by atoms with E-state index in [9.17, 15) is 14.4 Å². The summed E-state index contributed by atoms with van der Waals surface area (Å²) in [7, 11) is 0. The topological polar surface area (TPSA) is 112 Å². The quantitative estimate of drug-likeness (QED) is 0.428. The van der Waals surface area contributed by atoms with Crippen molar-refractivity contribution >= 4 is 69.3 Å². The van der Waals surface area contributed by atoms with E-state index in [0.717, 1.165) is 0 Å². The Morgan fingerprint density at radius 2 is 1.29 bits per heavy atom. The Bertz CT molecular complexity index is 213. The first kappa shape index (κ1) is 16.5. The van der Waals surface area contributed by atoms with Gasteiger partial charge < -0.3 is 15.3 Å². The summed E-state index contributed by atoms with van der Waals surface area (Å²) in [5.74, 6) is -5.52. The Kier molecular flexibility index (Phi) is 7.67. The number of carboxylic acid groups (broad SMARTS) is 3. The fraction of sp³-hybridized carbons (Fsp3) is 0.571. The molecule has 76 valence electrons. The van der Waals surface area contributed by atoms with Crippen LogP contribution in [0.5, 0.6) is 0 Å². The molecule has 0 aliphatic heterocycles. The Balaban J connectivity index is 0. The minimum atomic E-state index is -2.70. The molecule has 0 aromatic rings. The van der Waals surface area contributed by atoms with Crippen LogP contribution >= 0.6 is 0 Å². The van der Waals surface area contributed by atoms with Gasteiger partial charge in [0.2, 0.25) is 0 Å². The van der Waals surface area contributed by atoms with Gasteiger partial charge in [-0.3, -0.25) is 14.4 Å². The monoisotopic (exact) mass is 230 g/mol. The van der Waals surface area contributed by atoms with Crippen molar-refractivity contribution in [3.63, 3.8) is 0 Å². The van der Waals surface area contributed by atoms with E-state index in [1.54, 1.807) is 0 Å². The molecular formula is C7H11KO6. The fourth-order valence-electron chi connectivity index (χ4n) is 0.970. The third-order valence-electron chi connectivity index (χ3n) is 1.72. The number of hydrogen-bond donors (Lipinski definition) is 3. The van der Waals surface area contributed by atoms with Gasteiger partial charge in [-0.1, -0.05) is 13.3 Å². The molecule has 0 atom stereocenters. The van der Waals surface area contributed by atoms with Gasteiger partial charge in [-0.25, -0.2) is 0 Å². The second-order valence-corrected chi connectivity index (χ2v) is 2.57. The average molecular weight is 230 g/mol. The maximum atomic E-state index is 10.5. The second kappa shape index (κ2) is 6.52. The van der Waals surface area contributed by atoms with Gasteiger partial charge in [-0.15, -0.1) is 0 Å². The molecule has 0 aromatic heterocycles. The van der Waals surface area contributed by atoms with Crippen molar-refractivity contribution in [2.45, 2.75) is 19.8 Å². The van der Waals surface area contributed by atoms with Crippen LogP contribution in [-0.4, -0.2) is 84.6 Å². The van der Waals surface area contributed by atoms with Gasteiger partial charge in [-0.2, -0.15) is 0 Å². The standard InChI is InChI=1S/C7H10O6.K.H/c1-2-3-7(4(8)9,5(10)11)6(12)13;;/h2-3H2,1H3,(H,8,9)(H,10,11)(H,12,13);;. The molecule has 0 bridgehead atoms. The summed E-state index contributed by atoms with van der Waals surface area (Å²) >= 11 is 0. The third-order valence-corrected chi connectivity index (χ3v) is 1.72. The average Bonchev–Trinajstić information content (AvgIpc) is 1.97. The van der Waals surface area contributed by atoms with Crippen LogP contribution in [0, 0.1) is 5.41 Å². The second-order valence-electron chi connectivity index (χ2n) is 2.57. The normalized spacial score (nSPS) is 10.1. The number of carbonyl (C=O) groups is 3. The summed E-state index contributed by atoms with van der Waals surface area (Å²) in [4.78, 5) is 31.6. The van der Waals surface area contributed by atoms with E-state index in [1.807, 2.05) is 0 Å². The van der Waals surface area contributed by atoms with Crippen LogP contribution in [0.1, 0.15) is 19.8 Å². The van der Waals surface area contributed by atoms with Gasteiger partial charge in [0, 0.05) is 0 Å². The molecule has 7 heteroatoms. The Labute approximate surface area is 123 Å². The molecule has 0 amide bonds. The molecular weight excluding hydrogens is 219 g/mol. The van der Waals surface area contributed by atoms with Gasteiger partial charge in [0.25, 0.3) is 5.41 Å². The molecule has 0 radical (unpaired) electrons. The molecule has 3 N–H and O–H groups in total. The van der Waals surface area contributed by atoms with E-state index < -0.39 is 29.7 Å². The summed E-state index contributed by atoms with van der Waals surface area (Å²) in [6, 6.07) is 0. The zero-order valence-electron chi connectivity index (χ0n) is 6.98. The summed E-state index contributed by atoms with van der Waals surface area (Å²) in [6.45, 7) is 1.52. The van der Waals surface area contributed by atoms with Crippen molar-refractivity contribution in [1.82, 2.24) is 0 Å². The Morgan fingerprint density at radius 1 is 1.00 bits per heavy atom. The fourth-order valence-corrected chi connectivity index (χ4v) is 0.970. The van der Waals surface area contributed by atoms with E-state index >= 15 is 0 Å².